The number of rotatable bonds is 2. The molecule has 0 bridgehead atoms. The summed E-state index contributed by atoms with van der Waals surface area (Å²) in [7, 11) is 0. The van der Waals surface area contributed by atoms with Gasteiger partial charge in [-0.25, -0.2) is 4.98 Å². The van der Waals surface area contributed by atoms with E-state index < -0.39 is 0 Å². The van der Waals surface area contributed by atoms with E-state index in [-0.39, 0.29) is 0 Å². The molecular formula is C24H27N5O2. The van der Waals surface area contributed by atoms with Crippen LogP contribution in [0.15, 0.2) is 47.2 Å². The second-order valence-electron chi connectivity index (χ2n) is 8.29. The molecule has 160 valence electrons. The van der Waals surface area contributed by atoms with Gasteiger partial charge in [0.05, 0.1) is 23.3 Å². The second-order valence-corrected chi connectivity index (χ2v) is 8.29. The quantitative estimate of drug-likeness (QED) is 0.474. The number of imidazole rings is 1. The van der Waals surface area contributed by atoms with E-state index in [9.17, 15) is 0 Å². The molecule has 7 nitrogen and oxygen atoms in total. The van der Waals surface area contributed by atoms with Gasteiger partial charge in [-0.1, -0.05) is 18.1 Å². The molecule has 7 heteroatoms. The number of benzene rings is 1. The Morgan fingerprint density at radius 3 is 2.52 bits per heavy atom. The maximum absolute atomic E-state index is 6.11. The van der Waals surface area contributed by atoms with Crippen LogP contribution in [0.5, 0.6) is 5.75 Å². The molecule has 6 rings (SSSR count). The molecule has 0 radical (unpaired) electrons. The summed E-state index contributed by atoms with van der Waals surface area (Å²) >= 11 is 0. The maximum atomic E-state index is 6.11. The highest BCUT2D eigenvalue weighted by Gasteiger charge is 2.29. The third-order valence-electron chi connectivity index (χ3n) is 5.98. The third kappa shape index (κ3) is 3.54. The van der Waals surface area contributed by atoms with E-state index in [2.05, 4.69) is 38.7 Å². The Morgan fingerprint density at radius 2 is 1.90 bits per heavy atom. The fourth-order valence-electron chi connectivity index (χ4n) is 4.51. The molecule has 0 aliphatic carbocycles. The lowest BCUT2D eigenvalue weighted by atomic mass is 10.0. The van der Waals surface area contributed by atoms with Crippen molar-refractivity contribution < 1.29 is 9.26 Å². The van der Waals surface area contributed by atoms with E-state index in [4.69, 9.17) is 14.2 Å². The van der Waals surface area contributed by atoms with Crippen LogP contribution < -0.4 is 9.64 Å². The van der Waals surface area contributed by atoms with Crippen molar-refractivity contribution in [1.82, 2.24) is 19.7 Å². The second kappa shape index (κ2) is 8.06. The number of anilines is 1. The maximum Gasteiger partial charge on any atom is 0.206 e. The molecule has 1 atom stereocenters. The lowest BCUT2D eigenvalue weighted by Gasteiger charge is -2.23. The molecule has 0 spiro atoms. The summed E-state index contributed by atoms with van der Waals surface area (Å²) in [5, 5.41) is 4.10. The Bertz CT molecular complexity index is 1150. The first-order valence-electron chi connectivity index (χ1n) is 10.8. The Labute approximate surface area is 181 Å². The minimum atomic E-state index is 0.662. The molecule has 31 heavy (non-hydrogen) atoms. The zero-order valence-electron chi connectivity index (χ0n) is 18.2. The average Bonchev–Trinajstić information content (AvgIpc) is 3.49. The average molecular weight is 418 g/mol. The van der Waals surface area contributed by atoms with Gasteiger partial charge in [0.15, 0.2) is 5.75 Å². The molecule has 4 aromatic rings. The van der Waals surface area contributed by atoms with Crippen LogP contribution in [0.1, 0.15) is 24.8 Å². The SMILES string of the molecule is Cc1noc(C)c1-c1ccc2nc(N3CCC(C)C3)n3c2c1OCC3.c1ccncc1. The Hall–Kier alpha value is -3.35. The molecule has 1 aromatic carbocycles. The fourth-order valence-corrected chi connectivity index (χ4v) is 4.51. The molecule has 5 heterocycles. The predicted molar refractivity (Wildman–Crippen MR) is 120 cm³/mol. The standard InChI is InChI=1S/C19H22N4O2.C5H5N/c1-11-6-7-22(10-11)19-20-15-5-4-14(16-12(2)21-25-13(16)3)18-17(15)23(19)8-9-24-18;1-2-4-6-5-3-1/h4-5,11H,6-10H2,1-3H3;1-5H. The highest BCUT2D eigenvalue weighted by atomic mass is 16.5. The van der Waals surface area contributed by atoms with Crippen molar-refractivity contribution in [3.05, 3.63) is 54.2 Å². The third-order valence-corrected chi connectivity index (χ3v) is 5.98. The summed E-state index contributed by atoms with van der Waals surface area (Å²) in [5.74, 6) is 3.54. The number of hydrogen-bond donors (Lipinski definition) is 0. The predicted octanol–water partition coefficient (Wildman–Crippen LogP) is 4.63. The van der Waals surface area contributed by atoms with Crippen molar-refractivity contribution in [3.63, 3.8) is 0 Å². The van der Waals surface area contributed by atoms with Crippen LogP contribution in [-0.4, -0.2) is 39.4 Å². The van der Waals surface area contributed by atoms with Gasteiger partial charge in [0, 0.05) is 31.0 Å². The Morgan fingerprint density at radius 1 is 1.06 bits per heavy atom. The Kier molecular flexibility index (Phi) is 5.10. The van der Waals surface area contributed by atoms with Gasteiger partial charge in [-0.2, -0.15) is 0 Å². The number of aryl methyl sites for hydroxylation is 2. The molecular weight excluding hydrogens is 390 g/mol. The van der Waals surface area contributed by atoms with E-state index in [0.29, 0.717) is 6.61 Å². The summed E-state index contributed by atoms with van der Waals surface area (Å²) in [4.78, 5) is 11.1. The van der Waals surface area contributed by atoms with Crippen molar-refractivity contribution in [2.75, 3.05) is 24.6 Å². The van der Waals surface area contributed by atoms with Gasteiger partial charge >= 0.3 is 0 Å². The van der Waals surface area contributed by atoms with Gasteiger partial charge in [0.2, 0.25) is 5.95 Å². The van der Waals surface area contributed by atoms with E-state index in [1.54, 1.807) is 12.4 Å². The van der Waals surface area contributed by atoms with E-state index in [0.717, 1.165) is 70.9 Å². The minimum Gasteiger partial charge on any atom is -0.489 e. The number of aromatic nitrogens is 4. The molecule has 2 aliphatic rings. The van der Waals surface area contributed by atoms with E-state index in [1.807, 2.05) is 32.0 Å². The molecule has 2 aliphatic heterocycles. The summed E-state index contributed by atoms with van der Waals surface area (Å²) in [6.45, 7) is 9.89. The van der Waals surface area contributed by atoms with Crippen LogP contribution in [0.2, 0.25) is 0 Å². The monoisotopic (exact) mass is 417 g/mol. The molecule has 0 saturated carbocycles. The van der Waals surface area contributed by atoms with Crippen molar-refractivity contribution in [1.29, 1.82) is 0 Å². The smallest absolute Gasteiger partial charge is 0.206 e. The van der Waals surface area contributed by atoms with E-state index >= 15 is 0 Å². The van der Waals surface area contributed by atoms with Crippen LogP contribution in [0.25, 0.3) is 22.2 Å². The summed E-state index contributed by atoms with van der Waals surface area (Å²) in [5.41, 5.74) is 5.06. The molecule has 1 unspecified atom stereocenters. The number of hydrogen-bond acceptors (Lipinski definition) is 6. The number of nitrogens with zero attached hydrogens (tertiary/aromatic N) is 5. The fraction of sp³-hybridized carbons (Fsp3) is 0.375. The van der Waals surface area contributed by atoms with Gasteiger partial charge in [-0.15, -0.1) is 0 Å². The molecule has 0 amide bonds. The highest BCUT2D eigenvalue weighted by molar-refractivity contribution is 5.93. The molecule has 3 aromatic heterocycles. The largest absolute Gasteiger partial charge is 0.489 e. The number of ether oxygens (including phenoxy) is 1. The summed E-state index contributed by atoms with van der Waals surface area (Å²) < 4.78 is 13.8. The van der Waals surface area contributed by atoms with Crippen molar-refractivity contribution in [2.24, 2.45) is 5.92 Å². The van der Waals surface area contributed by atoms with Crippen LogP contribution in [-0.2, 0) is 6.54 Å². The lowest BCUT2D eigenvalue weighted by Crippen LogP contribution is -2.25. The zero-order valence-corrected chi connectivity index (χ0v) is 18.2. The zero-order chi connectivity index (χ0) is 21.4. The molecule has 1 saturated heterocycles. The van der Waals surface area contributed by atoms with Crippen LogP contribution >= 0.6 is 0 Å². The summed E-state index contributed by atoms with van der Waals surface area (Å²) in [6, 6.07) is 9.89. The highest BCUT2D eigenvalue weighted by Crippen LogP contribution is 2.43. The van der Waals surface area contributed by atoms with Crippen LogP contribution in [0.3, 0.4) is 0 Å². The van der Waals surface area contributed by atoms with Crippen molar-refractivity contribution >= 4 is 17.0 Å². The van der Waals surface area contributed by atoms with Gasteiger partial charge in [0.1, 0.15) is 17.9 Å². The first-order chi connectivity index (χ1) is 15.1. The Balaban J connectivity index is 0.000000296. The number of pyridine rings is 1. The molecule has 0 N–H and O–H groups in total. The first kappa shape index (κ1) is 19.6. The van der Waals surface area contributed by atoms with Crippen LogP contribution in [0, 0.1) is 19.8 Å². The summed E-state index contributed by atoms with van der Waals surface area (Å²) in [6.07, 6.45) is 4.73. The van der Waals surface area contributed by atoms with Gasteiger partial charge in [-0.05, 0) is 50.5 Å². The van der Waals surface area contributed by atoms with Crippen LogP contribution in [0.4, 0.5) is 5.95 Å². The van der Waals surface area contributed by atoms with Gasteiger partial charge < -0.3 is 18.7 Å². The normalized spacial score (nSPS) is 17.4. The first-order valence-corrected chi connectivity index (χ1v) is 10.8. The van der Waals surface area contributed by atoms with Crippen molar-refractivity contribution in [3.8, 4) is 16.9 Å². The van der Waals surface area contributed by atoms with E-state index in [1.165, 1.54) is 6.42 Å². The lowest BCUT2D eigenvalue weighted by molar-refractivity contribution is 0.288. The minimum absolute atomic E-state index is 0.662. The topological polar surface area (TPSA) is 69.2 Å². The molecule has 1 fully saturated rings. The van der Waals surface area contributed by atoms with Crippen molar-refractivity contribution in [2.45, 2.75) is 33.7 Å². The van der Waals surface area contributed by atoms with Gasteiger partial charge in [0.25, 0.3) is 0 Å². The van der Waals surface area contributed by atoms with Gasteiger partial charge in [-0.3, -0.25) is 4.98 Å².